The molecule has 0 aliphatic carbocycles. The molecule has 0 bridgehead atoms. The van der Waals surface area contributed by atoms with Gasteiger partial charge in [0, 0.05) is 31.9 Å². The van der Waals surface area contributed by atoms with Gasteiger partial charge in [0.05, 0.1) is 11.4 Å². The van der Waals surface area contributed by atoms with Crippen molar-refractivity contribution in [1.82, 2.24) is 5.32 Å². The minimum atomic E-state index is -0.0498. The fraction of sp³-hybridized carbons (Fsp3) is 0.316. The molecule has 2 aromatic rings. The van der Waals surface area contributed by atoms with Crippen LogP contribution < -0.4 is 10.2 Å². The first kappa shape index (κ1) is 17.7. The number of azo groups is 1. The van der Waals surface area contributed by atoms with Crippen molar-refractivity contribution in [3.05, 3.63) is 54.1 Å². The van der Waals surface area contributed by atoms with Gasteiger partial charge in [-0.05, 0) is 55.0 Å². The number of hydrogen-bond acceptors (Lipinski definition) is 4. The van der Waals surface area contributed by atoms with Crippen LogP contribution in [0.4, 0.5) is 17.1 Å². The van der Waals surface area contributed by atoms with E-state index in [0.717, 1.165) is 29.9 Å². The quantitative estimate of drug-likeness (QED) is 0.593. The summed E-state index contributed by atoms with van der Waals surface area (Å²) in [5, 5.41) is 11.3. The number of amides is 1. The molecule has 5 heteroatoms. The summed E-state index contributed by atoms with van der Waals surface area (Å²) in [6.45, 7) is 2.81. The second-order valence-electron chi connectivity index (χ2n) is 5.77. The lowest BCUT2D eigenvalue weighted by atomic mass is 10.2. The monoisotopic (exact) mass is 324 g/mol. The molecule has 0 atom stereocenters. The zero-order chi connectivity index (χ0) is 17.4. The molecule has 0 fully saturated rings. The van der Waals surface area contributed by atoms with Crippen LogP contribution in [-0.2, 0) is 0 Å². The first-order valence-electron chi connectivity index (χ1n) is 8.17. The number of hydrogen-bond donors (Lipinski definition) is 1. The van der Waals surface area contributed by atoms with E-state index in [1.54, 1.807) is 24.3 Å². The van der Waals surface area contributed by atoms with E-state index in [1.807, 2.05) is 43.3 Å². The molecule has 5 nitrogen and oxygen atoms in total. The molecular weight excluding hydrogens is 300 g/mol. The van der Waals surface area contributed by atoms with Gasteiger partial charge in [-0.3, -0.25) is 4.79 Å². The van der Waals surface area contributed by atoms with Crippen molar-refractivity contribution in [2.75, 3.05) is 25.5 Å². The number of carbonyl (C=O) groups excluding carboxylic acids is 1. The van der Waals surface area contributed by atoms with Crippen molar-refractivity contribution in [2.24, 2.45) is 10.2 Å². The molecule has 0 heterocycles. The van der Waals surface area contributed by atoms with Crippen LogP contribution in [-0.4, -0.2) is 26.5 Å². The topological polar surface area (TPSA) is 57.1 Å². The summed E-state index contributed by atoms with van der Waals surface area (Å²) in [6, 6.07) is 15.0. The van der Waals surface area contributed by atoms with Crippen molar-refractivity contribution in [3.63, 3.8) is 0 Å². The van der Waals surface area contributed by atoms with Gasteiger partial charge in [0.2, 0.25) is 0 Å². The van der Waals surface area contributed by atoms with Crippen molar-refractivity contribution in [3.8, 4) is 0 Å². The third-order valence-electron chi connectivity index (χ3n) is 3.59. The molecule has 1 amide bonds. The number of benzene rings is 2. The van der Waals surface area contributed by atoms with Gasteiger partial charge >= 0.3 is 0 Å². The van der Waals surface area contributed by atoms with Gasteiger partial charge in [-0.2, -0.15) is 10.2 Å². The van der Waals surface area contributed by atoms with E-state index in [0.29, 0.717) is 12.1 Å². The Morgan fingerprint density at radius 1 is 0.958 bits per heavy atom. The third kappa shape index (κ3) is 5.19. The van der Waals surface area contributed by atoms with E-state index in [9.17, 15) is 4.79 Å². The van der Waals surface area contributed by atoms with E-state index in [-0.39, 0.29) is 5.91 Å². The lowest BCUT2D eigenvalue weighted by Gasteiger charge is -2.11. The summed E-state index contributed by atoms with van der Waals surface area (Å²) in [7, 11) is 3.99. The molecule has 126 valence electrons. The van der Waals surface area contributed by atoms with E-state index in [1.165, 1.54) is 0 Å². The molecular formula is C19H24N4O. The Bertz CT molecular complexity index is 676. The van der Waals surface area contributed by atoms with E-state index < -0.39 is 0 Å². The van der Waals surface area contributed by atoms with E-state index in [2.05, 4.69) is 22.5 Å². The Labute approximate surface area is 143 Å². The maximum atomic E-state index is 11.9. The van der Waals surface area contributed by atoms with Gasteiger partial charge in [0.1, 0.15) is 0 Å². The molecule has 0 saturated carbocycles. The lowest BCUT2D eigenvalue weighted by Crippen LogP contribution is -2.24. The summed E-state index contributed by atoms with van der Waals surface area (Å²) >= 11 is 0. The average molecular weight is 324 g/mol. The number of carbonyl (C=O) groups is 1. The predicted molar refractivity (Wildman–Crippen MR) is 98.6 cm³/mol. The Hall–Kier alpha value is -2.69. The highest BCUT2D eigenvalue weighted by Crippen LogP contribution is 2.21. The molecule has 0 spiro atoms. The maximum absolute atomic E-state index is 11.9. The van der Waals surface area contributed by atoms with Gasteiger partial charge < -0.3 is 10.2 Å². The molecule has 1 N–H and O–H groups in total. The molecule has 0 aromatic heterocycles. The molecule has 24 heavy (non-hydrogen) atoms. The van der Waals surface area contributed by atoms with Crippen molar-refractivity contribution in [2.45, 2.75) is 19.8 Å². The van der Waals surface area contributed by atoms with Crippen LogP contribution in [0.2, 0.25) is 0 Å². The SMILES string of the molecule is CCCCNC(=O)c1ccc(/N=N/c2ccc(N(C)C)cc2)cc1. The standard InChI is InChI=1S/C19H24N4O/c1-4-5-14-20-19(24)15-6-8-16(9-7-15)21-22-17-10-12-18(13-11-17)23(2)3/h6-13H,4-5,14H2,1-3H3,(H,20,24)/b22-21+. The number of anilines is 1. The number of unbranched alkanes of at least 4 members (excludes halogenated alkanes) is 1. The van der Waals surface area contributed by atoms with Gasteiger partial charge in [0.15, 0.2) is 0 Å². The predicted octanol–water partition coefficient (Wildman–Crippen LogP) is 4.70. The second-order valence-corrected chi connectivity index (χ2v) is 5.77. The molecule has 2 aromatic carbocycles. The van der Waals surface area contributed by atoms with E-state index >= 15 is 0 Å². The summed E-state index contributed by atoms with van der Waals surface area (Å²) in [6.07, 6.45) is 2.06. The first-order valence-corrected chi connectivity index (χ1v) is 8.17. The van der Waals surface area contributed by atoms with Crippen molar-refractivity contribution in [1.29, 1.82) is 0 Å². The van der Waals surface area contributed by atoms with Crippen LogP contribution in [0.3, 0.4) is 0 Å². The summed E-state index contributed by atoms with van der Waals surface area (Å²) in [5.41, 5.74) is 3.27. The normalized spacial score (nSPS) is 10.8. The Kier molecular flexibility index (Phi) is 6.49. The summed E-state index contributed by atoms with van der Waals surface area (Å²) in [4.78, 5) is 14.0. The Morgan fingerprint density at radius 2 is 1.50 bits per heavy atom. The highest BCUT2D eigenvalue weighted by atomic mass is 16.1. The van der Waals surface area contributed by atoms with Gasteiger partial charge in [-0.25, -0.2) is 0 Å². The third-order valence-corrected chi connectivity index (χ3v) is 3.59. The fourth-order valence-corrected chi connectivity index (χ4v) is 2.09. The van der Waals surface area contributed by atoms with Gasteiger partial charge in [-0.15, -0.1) is 0 Å². The lowest BCUT2D eigenvalue weighted by molar-refractivity contribution is 0.0953. The van der Waals surface area contributed by atoms with Crippen molar-refractivity contribution < 1.29 is 4.79 Å². The van der Waals surface area contributed by atoms with Crippen LogP contribution in [0.1, 0.15) is 30.1 Å². The molecule has 0 saturated heterocycles. The van der Waals surface area contributed by atoms with Crippen LogP contribution in [0.25, 0.3) is 0 Å². The fourth-order valence-electron chi connectivity index (χ4n) is 2.09. The minimum absolute atomic E-state index is 0.0498. The molecule has 0 unspecified atom stereocenters. The molecule has 0 aliphatic rings. The van der Waals surface area contributed by atoms with Gasteiger partial charge in [-0.1, -0.05) is 13.3 Å². The number of nitrogens with one attached hydrogen (secondary N) is 1. The number of nitrogens with zero attached hydrogens (tertiary/aromatic N) is 3. The van der Waals surface area contributed by atoms with E-state index in [4.69, 9.17) is 0 Å². The van der Waals surface area contributed by atoms with Crippen LogP contribution in [0.5, 0.6) is 0 Å². The maximum Gasteiger partial charge on any atom is 0.251 e. The number of rotatable bonds is 7. The Morgan fingerprint density at radius 3 is 2.00 bits per heavy atom. The summed E-state index contributed by atoms with van der Waals surface area (Å²) in [5.74, 6) is -0.0498. The molecule has 2 rings (SSSR count). The highest BCUT2D eigenvalue weighted by Gasteiger charge is 2.04. The zero-order valence-corrected chi connectivity index (χ0v) is 14.5. The summed E-state index contributed by atoms with van der Waals surface area (Å²) < 4.78 is 0. The van der Waals surface area contributed by atoms with Gasteiger partial charge in [0.25, 0.3) is 5.91 Å². The first-order chi connectivity index (χ1) is 11.6. The smallest absolute Gasteiger partial charge is 0.251 e. The van der Waals surface area contributed by atoms with Crippen molar-refractivity contribution >= 4 is 23.0 Å². The minimum Gasteiger partial charge on any atom is -0.378 e. The van der Waals surface area contributed by atoms with Crippen LogP contribution in [0, 0.1) is 0 Å². The molecule has 0 aliphatic heterocycles. The van der Waals surface area contributed by atoms with Crippen LogP contribution in [0.15, 0.2) is 58.8 Å². The average Bonchev–Trinajstić information content (AvgIpc) is 2.61. The van der Waals surface area contributed by atoms with Crippen LogP contribution >= 0.6 is 0 Å². The highest BCUT2D eigenvalue weighted by molar-refractivity contribution is 5.94. The Balaban J connectivity index is 1.96. The molecule has 0 radical (unpaired) electrons. The second kappa shape index (κ2) is 8.82. The largest absolute Gasteiger partial charge is 0.378 e. The zero-order valence-electron chi connectivity index (χ0n) is 14.5.